The second-order valence-electron chi connectivity index (χ2n) is 5.92. The van der Waals surface area contributed by atoms with Crippen LogP contribution in [0.1, 0.15) is 11.1 Å². The lowest BCUT2D eigenvalue weighted by Gasteiger charge is -2.15. The van der Waals surface area contributed by atoms with Crippen LogP contribution in [0.25, 0.3) is 0 Å². The van der Waals surface area contributed by atoms with Gasteiger partial charge in [-0.1, -0.05) is 29.8 Å². The lowest BCUT2D eigenvalue weighted by molar-refractivity contribution is -0.137. The first-order chi connectivity index (χ1) is 12.8. The largest absolute Gasteiger partial charge is 0.416 e. The van der Waals surface area contributed by atoms with Gasteiger partial charge in [-0.15, -0.1) is 0 Å². The average Bonchev–Trinajstić information content (AvgIpc) is 2.64. The van der Waals surface area contributed by atoms with Crippen molar-refractivity contribution in [2.45, 2.75) is 12.6 Å². The minimum atomic E-state index is -4.40. The van der Waals surface area contributed by atoms with Crippen molar-refractivity contribution in [3.8, 4) is 0 Å². The van der Waals surface area contributed by atoms with E-state index in [2.05, 4.69) is 10.6 Å². The highest BCUT2D eigenvalue weighted by molar-refractivity contribution is 6.30. The third-order valence-corrected chi connectivity index (χ3v) is 4.25. The van der Waals surface area contributed by atoms with Crippen LogP contribution in [0.15, 0.2) is 58.1 Å². The number of nitrogens with one attached hydrogen (secondary N) is 2. The Kier molecular flexibility index (Phi) is 5.23. The molecular weight excluding hydrogens is 381 g/mol. The van der Waals surface area contributed by atoms with E-state index in [-0.39, 0.29) is 24.3 Å². The molecule has 0 aliphatic carbocycles. The van der Waals surface area contributed by atoms with E-state index in [1.54, 1.807) is 30.3 Å². The lowest BCUT2D eigenvalue weighted by atomic mass is 10.1. The van der Waals surface area contributed by atoms with Crippen LogP contribution in [0.2, 0.25) is 5.02 Å². The molecule has 0 unspecified atom stereocenters. The molecule has 2 N–H and O–H groups in total. The van der Waals surface area contributed by atoms with Gasteiger partial charge in [0.25, 0.3) is 10.9 Å². The summed E-state index contributed by atoms with van der Waals surface area (Å²) in [5.41, 5.74) is -0.704. The van der Waals surface area contributed by atoms with Gasteiger partial charge >= 0.3 is 6.18 Å². The highest BCUT2D eigenvalue weighted by Crippen LogP contribution is 2.29. The maximum Gasteiger partial charge on any atom is 0.416 e. The molecule has 0 fully saturated rings. The first-order valence-electron chi connectivity index (χ1n) is 8.01. The Balaban J connectivity index is 1.66. The SMILES string of the molecule is O=c1c(NCCc2cccc(C(F)(F)F)c2)c(Nc2ccc(Cl)cc2)c1=O. The number of anilines is 3. The predicted molar refractivity (Wildman–Crippen MR) is 99.7 cm³/mol. The van der Waals surface area contributed by atoms with Crippen LogP contribution >= 0.6 is 11.6 Å². The first kappa shape index (κ1) is 19.0. The number of benzene rings is 2. The van der Waals surface area contributed by atoms with Gasteiger partial charge in [-0.05, 0) is 42.3 Å². The van der Waals surface area contributed by atoms with Crippen LogP contribution in [-0.4, -0.2) is 6.54 Å². The fourth-order valence-corrected chi connectivity index (χ4v) is 2.72. The van der Waals surface area contributed by atoms with Crippen molar-refractivity contribution in [3.05, 3.63) is 85.1 Å². The van der Waals surface area contributed by atoms with Crippen molar-refractivity contribution in [1.82, 2.24) is 0 Å². The molecule has 8 heteroatoms. The second-order valence-corrected chi connectivity index (χ2v) is 6.35. The fraction of sp³-hybridized carbons (Fsp3) is 0.158. The molecular formula is C19H14ClF3N2O2. The Morgan fingerprint density at radius 1 is 0.926 bits per heavy atom. The zero-order valence-electron chi connectivity index (χ0n) is 13.9. The predicted octanol–water partition coefficient (Wildman–Crippen LogP) is 4.35. The highest BCUT2D eigenvalue weighted by atomic mass is 35.5. The standard InChI is InChI=1S/C19H14ClF3N2O2/c20-13-4-6-14(7-5-13)25-16-15(17(26)18(16)27)24-9-8-11-2-1-3-12(10-11)19(21,22)23/h1-7,10,24-25H,8-9H2. The summed E-state index contributed by atoms with van der Waals surface area (Å²) in [6, 6.07) is 11.6. The van der Waals surface area contributed by atoms with Crippen LogP contribution in [0.3, 0.4) is 0 Å². The minimum Gasteiger partial charge on any atom is -0.380 e. The number of rotatable bonds is 6. The van der Waals surface area contributed by atoms with Crippen molar-refractivity contribution >= 4 is 28.7 Å². The summed E-state index contributed by atoms with van der Waals surface area (Å²) in [5.74, 6) is 0. The van der Waals surface area contributed by atoms with E-state index in [9.17, 15) is 22.8 Å². The lowest BCUT2D eigenvalue weighted by Crippen LogP contribution is -2.37. The minimum absolute atomic E-state index is 0.127. The van der Waals surface area contributed by atoms with Gasteiger partial charge in [0.2, 0.25) is 0 Å². The van der Waals surface area contributed by atoms with Crippen molar-refractivity contribution in [3.63, 3.8) is 0 Å². The normalized spacial score (nSPS) is 11.6. The van der Waals surface area contributed by atoms with Gasteiger partial charge in [0.15, 0.2) is 0 Å². The molecule has 0 radical (unpaired) electrons. The third-order valence-electron chi connectivity index (χ3n) is 3.99. The topological polar surface area (TPSA) is 58.2 Å². The molecule has 0 saturated heterocycles. The number of halogens is 4. The maximum atomic E-state index is 12.7. The van der Waals surface area contributed by atoms with Crippen molar-refractivity contribution < 1.29 is 13.2 Å². The van der Waals surface area contributed by atoms with Crippen molar-refractivity contribution in [2.24, 2.45) is 0 Å². The molecule has 3 aromatic rings. The molecule has 27 heavy (non-hydrogen) atoms. The molecule has 0 saturated carbocycles. The summed E-state index contributed by atoms with van der Waals surface area (Å²) in [4.78, 5) is 23.5. The van der Waals surface area contributed by atoms with E-state index in [0.717, 1.165) is 12.1 Å². The van der Waals surface area contributed by atoms with Crippen molar-refractivity contribution in [1.29, 1.82) is 0 Å². The molecule has 4 nitrogen and oxygen atoms in total. The summed E-state index contributed by atoms with van der Waals surface area (Å²) in [6.07, 6.45) is -4.14. The first-order valence-corrected chi connectivity index (χ1v) is 8.39. The third kappa shape index (κ3) is 4.31. The molecule has 0 heterocycles. The number of hydrogen-bond acceptors (Lipinski definition) is 4. The van der Waals surface area contributed by atoms with E-state index in [0.29, 0.717) is 16.3 Å². The molecule has 0 spiro atoms. The molecule has 3 aromatic carbocycles. The Morgan fingerprint density at radius 2 is 1.59 bits per heavy atom. The van der Waals surface area contributed by atoms with E-state index in [1.807, 2.05) is 0 Å². The number of alkyl halides is 3. The fourth-order valence-electron chi connectivity index (χ4n) is 2.59. The van der Waals surface area contributed by atoms with E-state index in [4.69, 9.17) is 11.6 Å². The molecule has 0 bridgehead atoms. The molecule has 0 aromatic heterocycles. The molecule has 0 aliphatic rings. The van der Waals surface area contributed by atoms with Gasteiger partial charge in [-0.3, -0.25) is 9.59 Å². The monoisotopic (exact) mass is 394 g/mol. The Labute approximate surface area is 157 Å². The van der Waals surface area contributed by atoms with Crippen LogP contribution in [0.4, 0.5) is 30.2 Å². The number of hydrogen-bond donors (Lipinski definition) is 2. The Morgan fingerprint density at radius 3 is 2.26 bits per heavy atom. The summed E-state index contributed by atoms with van der Waals surface area (Å²) >= 11 is 5.80. The van der Waals surface area contributed by atoms with Crippen LogP contribution in [-0.2, 0) is 12.6 Å². The van der Waals surface area contributed by atoms with Crippen LogP contribution in [0, 0.1) is 0 Å². The molecule has 0 atom stereocenters. The zero-order valence-corrected chi connectivity index (χ0v) is 14.6. The van der Waals surface area contributed by atoms with E-state index >= 15 is 0 Å². The summed E-state index contributed by atoms with van der Waals surface area (Å²) < 4.78 is 38.2. The molecule has 140 valence electrons. The molecule has 3 rings (SSSR count). The highest BCUT2D eigenvalue weighted by Gasteiger charge is 2.30. The summed E-state index contributed by atoms with van der Waals surface area (Å²) in [6.45, 7) is 0.210. The van der Waals surface area contributed by atoms with E-state index in [1.165, 1.54) is 6.07 Å². The van der Waals surface area contributed by atoms with Gasteiger partial charge in [-0.2, -0.15) is 13.2 Å². The Hall–Kier alpha value is -2.80. The second kappa shape index (κ2) is 7.44. The summed E-state index contributed by atoms with van der Waals surface area (Å²) in [5, 5.41) is 6.21. The van der Waals surface area contributed by atoms with Gasteiger partial charge in [-0.25, -0.2) is 0 Å². The zero-order chi connectivity index (χ0) is 19.6. The average molecular weight is 395 g/mol. The van der Waals surface area contributed by atoms with Gasteiger partial charge in [0.05, 0.1) is 5.56 Å². The van der Waals surface area contributed by atoms with Crippen LogP contribution in [0.5, 0.6) is 0 Å². The smallest absolute Gasteiger partial charge is 0.380 e. The van der Waals surface area contributed by atoms with Crippen molar-refractivity contribution in [2.75, 3.05) is 17.2 Å². The Bertz CT molecular complexity index is 1020. The summed E-state index contributed by atoms with van der Waals surface area (Å²) in [7, 11) is 0. The van der Waals surface area contributed by atoms with E-state index < -0.39 is 22.6 Å². The van der Waals surface area contributed by atoms with Gasteiger partial charge < -0.3 is 10.6 Å². The molecule has 0 amide bonds. The van der Waals surface area contributed by atoms with Crippen LogP contribution < -0.4 is 21.5 Å². The van der Waals surface area contributed by atoms with Gasteiger partial charge in [0.1, 0.15) is 11.4 Å². The quantitative estimate of drug-likeness (QED) is 0.610. The maximum absolute atomic E-state index is 12.7. The molecule has 0 aliphatic heterocycles. The van der Waals surface area contributed by atoms with Gasteiger partial charge in [0, 0.05) is 17.3 Å².